The molecule has 0 fully saturated rings. The molecule has 1 aromatic heterocycles. The minimum absolute atomic E-state index is 0.128. The number of aromatic nitrogens is 2. The first-order valence-corrected chi connectivity index (χ1v) is 5.47. The summed E-state index contributed by atoms with van der Waals surface area (Å²) in [5.74, 6) is -0.128. The third-order valence-electron chi connectivity index (χ3n) is 2.67. The van der Waals surface area contributed by atoms with E-state index in [4.69, 9.17) is 5.73 Å². The fraction of sp³-hybridized carbons (Fsp3) is 0.333. The summed E-state index contributed by atoms with van der Waals surface area (Å²) in [6.07, 6.45) is 1.72. The summed E-state index contributed by atoms with van der Waals surface area (Å²) in [6, 6.07) is 5.42. The predicted octanol–water partition coefficient (Wildman–Crippen LogP) is 1.03. The van der Waals surface area contributed by atoms with Crippen molar-refractivity contribution in [2.24, 2.45) is 5.73 Å². The van der Waals surface area contributed by atoms with Gasteiger partial charge in [-0.2, -0.15) is 5.10 Å². The van der Waals surface area contributed by atoms with Crippen molar-refractivity contribution in [1.29, 1.82) is 0 Å². The number of carbonyl (C=O) groups excluding carboxylic acids is 1. The Hall–Kier alpha value is -1.88. The highest BCUT2D eigenvalue weighted by atomic mass is 16.1. The van der Waals surface area contributed by atoms with Crippen LogP contribution in [-0.2, 0) is 0 Å². The number of nitrogens with two attached hydrogens (primary N) is 1. The SMILES string of the molecule is CC(C)(CN)NC(=O)c1ccc2cn[nH]c2c1. The molecule has 0 aliphatic rings. The molecule has 0 unspecified atom stereocenters. The van der Waals surface area contributed by atoms with E-state index in [0.717, 1.165) is 10.9 Å². The van der Waals surface area contributed by atoms with E-state index in [-0.39, 0.29) is 5.91 Å². The van der Waals surface area contributed by atoms with Gasteiger partial charge >= 0.3 is 0 Å². The summed E-state index contributed by atoms with van der Waals surface area (Å²) >= 11 is 0. The highest BCUT2D eigenvalue weighted by Gasteiger charge is 2.19. The average molecular weight is 232 g/mol. The topological polar surface area (TPSA) is 83.8 Å². The Bertz CT molecular complexity index is 544. The molecule has 5 heteroatoms. The lowest BCUT2D eigenvalue weighted by molar-refractivity contribution is 0.0916. The summed E-state index contributed by atoms with van der Waals surface area (Å²) in [4.78, 5) is 12.0. The zero-order chi connectivity index (χ0) is 12.5. The number of amides is 1. The minimum atomic E-state index is -0.403. The minimum Gasteiger partial charge on any atom is -0.346 e. The molecule has 0 spiro atoms. The second kappa shape index (κ2) is 4.18. The molecule has 2 aromatic rings. The summed E-state index contributed by atoms with van der Waals surface area (Å²) in [5, 5.41) is 10.6. The van der Waals surface area contributed by atoms with Crippen LogP contribution < -0.4 is 11.1 Å². The Morgan fingerprint density at radius 3 is 3.00 bits per heavy atom. The van der Waals surface area contributed by atoms with Crippen LogP contribution in [0.2, 0.25) is 0 Å². The summed E-state index contributed by atoms with van der Waals surface area (Å²) in [7, 11) is 0. The maximum absolute atomic E-state index is 12.0. The van der Waals surface area contributed by atoms with Crippen LogP contribution in [-0.4, -0.2) is 28.2 Å². The van der Waals surface area contributed by atoms with Crippen LogP contribution in [0.15, 0.2) is 24.4 Å². The summed E-state index contributed by atoms with van der Waals surface area (Å²) in [6.45, 7) is 4.17. The van der Waals surface area contributed by atoms with Crippen LogP contribution in [0.3, 0.4) is 0 Å². The number of hydrogen-bond donors (Lipinski definition) is 3. The van der Waals surface area contributed by atoms with Crippen LogP contribution in [0.25, 0.3) is 10.9 Å². The normalized spacial score (nSPS) is 11.7. The van der Waals surface area contributed by atoms with Gasteiger partial charge in [0.15, 0.2) is 0 Å². The molecule has 17 heavy (non-hydrogen) atoms. The smallest absolute Gasteiger partial charge is 0.251 e. The van der Waals surface area contributed by atoms with Gasteiger partial charge in [0.1, 0.15) is 0 Å². The molecule has 0 radical (unpaired) electrons. The van der Waals surface area contributed by atoms with Gasteiger partial charge in [-0.1, -0.05) is 6.07 Å². The molecular weight excluding hydrogens is 216 g/mol. The fourth-order valence-electron chi connectivity index (χ4n) is 1.51. The van der Waals surface area contributed by atoms with Crippen LogP contribution in [0.4, 0.5) is 0 Å². The number of nitrogens with one attached hydrogen (secondary N) is 2. The number of fused-ring (bicyclic) bond motifs is 1. The Morgan fingerprint density at radius 1 is 1.53 bits per heavy atom. The number of carbonyl (C=O) groups is 1. The zero-order valence-electron chi connectivity index (χ0n) is 9.95. The van der Waals surface area contributed by atoms with Crippen molar-refractivity contribution in [3.63, 3.8) is 0 Å². The molecule has 2 rings (SSSR count). The largest absolute Gasteiger partial charge is 0.346 e. The van der Waals surface area contributed by atoms with Gasteiger partial charge in [0.2, 0.25) is 0 Å². The molecule has 1 heterocycles. The molecule has 0 aliphatic carbocycles. The van der Waals surface area contributed by atoms with E-state index in [2.05, 4.69) is 15.5 Å². The monoisotopic (exact) mass is 232 g/mol. The highest BCUT2D eigenvalue weighted by molar-refractivity contribution is 5.98. The van der Waals surface area contributed by atoms with Crippen molar-refractivity contribution in [1.82, 2.24) is 15.5 Å². The van der Waals surface area contributed by atoms with Crippen molar-refractivity contribution in [2.75, 3.05) is 6.54 Å². The Morgan fingerprint density at radius 2 is 2.29 bits per heavy atom. The van der Waals surface area contributed by atoms with Crippen molar-refractivity contribution in [2.45, 2.75) is 19.4 Å². The van der Waals surface area contributed by atoms with Gasteiger partial charge in [0.25, 0.3) is 5.91 Å². The average Bonchev–Trinajstić information content (AvgIpc) is 2.75. The lowest BCUT2D eigenvalue weighted by Crippen LogP contribution is -2.48. The van der Waals surface area contributed by atoms with E-state index in [1.54, 1.807) is 18.3 Å². The molecule has 5 nitrogen and oxygen atoms in total. The lowest BCUT2D eigenvalue weighted by atomic mass is 10.0. The maximum Gasteiger partial charge on any atom is 0.251 e. The van der Waals surface area contributed by atoms with E-state index in [1.165, 1.54) is 0 Å². The first kappa shape index (κ1) is 11.6. The molecule has 0 saturated carbocycles. The number of rotatable bonds is 3. The van der Waals surface area contributed by atoms with Crippen LogP contribution in [0.1, 0.15) is 24.2 Å². The molecule has 90 valence electrons. The van der Waals surface area contributed by atoms with Crippen molar-refractivity contribution >= 4 is 16.8 Å². The lowest BCUT2D eigenvalue weighted by Gasteiger charge is -2.24. The summed E-state index contributed by atoms with van der Waals surface area (Å²) < 4.78 is 0. The Kier molecular flexibility index (Phi) is 2.85. The molecule has 1 amide bonds. The first-order chi connectivity index (χ1) is 8.02. The van der Waals surface area contributed by atoms with Gasteiger partial charge in [-0.3, -0.25) is 9.89 Å². The molecule has 0 bridgehead atoms. The number of hydrogen-bond acceptors (Lipinski definition) is 3. The highest BCUT2D eigenvalue weighted by Crippen LogP contribution is 2.13. The van der Waals surface area contributed by atoms with Crippen LogP contribution in [0, 0.1) is 0 Å². The molecule has 0 aliphatic heterocycles. The van der Waals surface area contributed by atoms with Gasteiger partial charge in [0.05, 0.1) is 11.7 Å². The van der Waals surface area contributed by atoms with E-state index in [9.17, 15) is 4.79 Å². The van der Waals surface area contributed by atoms with Gasteiger partial charge in [-0.15, -0.1) is 0 Å². The van der Waals surface area contributed by atoms with Gasteiger partial charge < -0.3 is 11.1 Å². The number of H-pyrrole nitrogens is 1. The van der Waals surface area contributed by atoms with E-state index in [0.29, 0.717) is 12.1 Å². The van der Waals surface area contributed by atoms with Gasteiger partial charge in [-0.25, -0.2) is 0 Å². The third kappa shape index (κ3) is 2.45. The number of benzene rings is 1. The first-order valence-electron chi connectivity index (χ1n) is 5.47. The van der Waals surface area contributed by atoms with Gasteiger partial charge in [-0.05, 0) is 26.0 Å². The number of nitrogens with zero attached hydrogens (tertiary/aromatic N) is 1. The Balaban J connectivity index is 2.24. The van der Waals surface area contributed by atoms with Crippen molar-refractivity contribution < 1.29 is 4.79 Å². The molecule has 1 aromatic carbocycles. The predicted molar refractivity (Wildman–Crippen MR) is 66.7 cm³/mol. The summed E-state index contributed by atoms with van der Waals surface area (Å²) in [5.41, 5.74) is 6.62. The quantitative estimate of drug-likeness (QED) is 0.739. The zero-order valence-corrected chi connectivity index (χ0v) is 9.95. The maximum atomic E-state index is 12.0. The van der Waals surface area contributed by atoms with Crippen LogP contribution >= 0.6 is 0 Å². The van der Waals surface area contributed by atoms with Gasteiger partial charge in [0, 0.05) is 23.0 Å². The van der Waals surface area contributed by atoms with Crippen molar-refractivity contribution in [3.05, 3.63) is 30.0 Å². The van der Waals surface area contributed by atoms with Crippen LogP contribution in [0.5, 0.6) is 0 Å². The Labute approximate surface area is 99.4 Å². The van der Waals surface area contributed by atoms with E-state index >= 15 is 0 Å². The standard InChI is InChI=1S/C12H16N4O/c1-12(2,7-13)15-11(17)8-3-4-9-6-14-16-10(9)5-8/h3-6H,7,13H2,1-2H3,(H,14,16)(H,15,17). The third-order valence-corrected chi connectivity index (χ3v) is 2.67. The second-order valence-electron chi connectivity index (χ2n) is 4.71. The molecular formula is C12H16N4O. The van der Waals surface area contributed by atoms with Crippen molar-refractivity contribution in [3.8, 4) is 0 Å². The molecule has 4 N–H and O–H groups in total. The number of aromatic amines is 1. The van der Waals surface area contributed by atoms with E-state index in [1.807, 2.05) is 19.9 Å². The molecule has 0 saturated heterocycles. The second-order valence-corrected chi connectivity index (χ2v) is 4.71. The fourth-order valence-corrected chi connectivity index (χ4v) is 1.51. The van der Waals surface area contributed by atoms with E-state index < -0.39 is 5.54 Å². The molecule has 0 atom stereocenters.